The van der Waals surface area contributed by atoms with Gasteiger partial charge >= 0.3 is 0 Å². The van der Waals surface area contributed by atoms with Gasteiger partial charge in [-0.3, -0.25) is 14.8 Å². The van der Waals surface area contributed by atoms with Crippen LogP contribution in [0.3, 0.4) is 0 Å². The zero-order chi connectivity index (χ0) is 45.6. The summed E-state index contributed by atoms with van der Waals surface area (Å²) in [4.78, 5) is 58.7. The van der Waals surface area contributed by atoms with Crippen LogP contribution in [-0.2, 0) is 45.0 Å². The predicted octanol–water partition coefficient (Wildman–Crippen LogP) is 8.54. The largest absolute Gasteiger partial charge is 0.399 e. The van der Waals surface area contributed by atoms with E-state index in [1.807, 2.05) is 117 Å². The Hall–Kier alpha value is -7.10. The zero-order valence-corrected chi connectivity index (χ0v) is 37.5. The molecule has 2 N–H and O–H groups in total. The summed E-state index contributed by atoms with van der Waals surface area (Å²) in [6, 6.07) is 31.5. The van der Waals surface area contributed by atoms with Gasteiger partial charge in [-0.05, 0) is 107 Å². The van der Waals surface area contributed by atoms with Gasteiger partial charge in [0.25, 0.3) is 0 Å². The molecule has 4 aromatic heterocycles. The van der Waals surface area contributed by atoms with E-state index < -0.39 is 0 Å². The van der Waals surface area contributed by atoms with Crippen LogP contribution in [0.25, 0.3) is 22.8 Å². The Bertz CT molecular complexity index is 2550. The van der Waals surface area contributed by atoms with Crippen LogP contribution in [0.4, 0.5) is 0 Å². The zero-order valence-electron chi connectivity index (χ0n) is 37.5. The Kier molecular flexibility index (Phi) is 18.4. The summed E-state index contributed by atoms with van der Waals surface area (Å²) < 4.78 is 0. The van der Waals surface area contributed by atoms with Crippen molar-refractivity contribution in [3.63, 3.8) is 0 Å². The van der Waals surface area contributed by atoms with Gasteiger partial charge in [-0.25, -0.2) is 25.8 Å². The molecule has 336 valence electrons. The SMILES string of the molecule is CO/N=C(\C)c1cccc(CCCO/N=C2\CCCc3cnc(-c4ccccc4)nc32)n1.CO/N=C(\C)c1cccc(CCCON)n1.O=C1CCCc2cnc(-c3ccccc3)nc21. The number of rotatable bonds is 15. The van der Waals surface area contributed by atoms with Crippen LogP contribution < -0.4 is 5.90 Å². The number of nitrogens with two attached hydrogens (primary N) is 1. The highest BCUT2D eigenvalue weighted by molar-refractivity contribution is 6.01. The van der Waals surface area contributed by atoms with Gasteiger partial charge < -0.3 is 19.4 Å². The Balaban J connectivity index is 0.000000178. The first kappa shape index (κ1) is 47.4. The number of benzene rings is 2. The number of ketones is 1. The van der Waals surface area contributed by atoms with Gasteiger partial charge in [0, 0.05) is 41.3 Å². The summed E-state index contributed by atoms with van der Waals surface area (Å²) in [5, 5.41) is 12.2. The fourth-order valence-corrected chi connectivity index (χ4v) is 7.12. The van der Waals surface area contributed by atoms with E-state index in [4.69, 9.17) is 25.4 Å². The monoisotopic (exact) mass is 876 g/mol. The number of aromatic nitrogens is 6. The maximum absolute atomic E-state index is 11.8. The minimum absolute atomic E-state index is 0.144. The number of hydrogen-bond donors (Lipinski definition) is 1. The molecule has 0 spiro atoms. The van der Waals surface area contributed by atoms with Crippen LogP contribution in [0.5, 0.6) is 0 Å². The van der Waals surface area contributed by atoms with Gasteiger partial charge in [0.2, 0.25) is 0 Å². The topological polar surface area (TPSA) is 194 Å². The van der Waals surface area contributed by atoms with Crippen LogP contribution in [0.2, 0.25) is 0 Å². The minimum atomic E-state index is 0.144. The van der Waals surface area contributed by atoms with Crippen molar-refractivity contribution >= 4 is 22.9 Å². The van der Waals surface area contributed by atoms with Gasteiger partial charge in [0.05, 0.1) is 23.7 Å². The van der Waals surface area contributed by atoms with Gasteiger partial charge in [-0.2, -0.15) is 0 Å². The molecule has 4 heterocycles. The lowest BCUT2D eigenvalue weighted by Crippen LogP contribution is -2.16. The van der Waals surface area contributed by atoms with Gasteiger partial charge in [0.15, 0.2) is 17.4 Å². The molecule has 6 aromatic rings. The number of pyridine rings is 2. The lowest BCUT2D eigenvalue weighted by molar-refractivity contribution is 0.0967. The predicted molar refractivity (Wildman–Crippen MR) is 251 cm³/mol. The molecule has 0 unspecified atom stereocenters. The third-order valence-corrected chi connectivity index (χ3v) is 10.4. The number of carbonyl (C=O) groups is 1. The normalized spacial score (nSPS) is 13.9. The summed E-state index contributed by atoms with van der Waals surface area (Å²) in [5.74, 6) is 6.46. The molecule has 2 aliphatic carbocycles. The van der Waals surface area contributed by atoms with E-state index in [0.717, 1.165) is 131 Å². The van der Waals surface area contributed by atoms with E-state index in [9.17, 15) is 4.79 Å². The number of oxime groups is 3. The van der Waals surface area contributed by atoms with Gasteiger partial charge in [0.1, 0.15) is 43.7 Å². The average Bonchev–Trinajstić information content (AvgIpc) is 3.35. The Morgan fingerprint density at radius 2 is 1.11 bits per heavy atom. The maximum atomic E-state index is 11.8. The van der Waals surface area contributed by atoms with E-state index in [1.165, 1.54) is 14.2 Å². The lowest BCUT2D eigenvalue weighted by atomic mass is 9.95. The molecule has 0 atom stereocenters. The highest BCUT2D eigenvalue weighted by Crippen LogP contribution is 2.24. The number of aryl methyl sites for hydroxylation is 4. The molecule has 0 bridgehead atoms. The lowest BCUT2D eigenvalue weighted by Gasteiger charge is -2.17. The molecule has 8 rings (SSSR count). The van der Waals surface area contributed by atoms with Crippen molar-refractivity contribution in [2.24, 2.45) is 21.4 Å². The second-order valence-corrected chi connectivity index (χ2v) is 15.2. The first-order valence-corrected chi connectivity index (χ1v) is 21.8. The maximum Gasteiger partial charge on any atom is 0.181 e. The summed E-state index contributed by atoms with van der Waals surface area (Å²) in [6.45, 7) is 4.80. The first-order chi connectivity index (χ1) is 31.9. The molecule has 15 heteroatoms. The molecule has 2 aromatic carbocycles. The van der Waals surface area contributed by atoms with Crippen LogP contribution in [0.15, 0.2) is 125 Å². The van der Waals surface area contributed by atoms with Crippen LogP contribution in [-0.4, -0.2) is 80.3 Å². The molecule has 15 nitrogen and oxygen atoms in total. The van der Waals surface area contributed by atoms with Crippen molar-refractivity contribution in [3.05, 3.63) is 155 Å². The van der Waals surface area contributed by atoms with Crippen LogP contribution >= 0.6 is 0 Å². The molecular weight excluding hydrogens is 821 g/mol. The molecule has 0 fully saturated rings. The summed E-state index contributed by atoms with van der Waals surface area (Å²) in [6.07, 6.45) is 12.3. The molecule has 2 aliphatic rings. The van der Waals surface area contributed by atoms with E-state index in [0.29, 0.717) is 31.2 Å². The van der Waals surface area contributed by atoms with Crippen LogP contribution in [0.1, 0.15) is 102 Å². The third-order valence-electron chi connectivity index (χ3n) is 10.4. The van der Waals surface area contributed by atoms with Crippen molar-refractivity contribution in [3.8, 4) is 22.8 Å². The third kappa shape index (κ3) is 14.2. The van der Waals surface area contributed by atoms with E-state index in [2.05, 4.69) is 45.2 Å². The van der Waals surface area contributed by atoms with Crippen molar-refractivity contribution in [1.82, 2.24) is 29.9 Å². The van der Waals surface area contributed by atoms with E-state index in [1.54, 1.807) is 6.20 Å². The highest BCUT2D eigenvalue weighted by Gasteiger charge is 2.21. The molecule has 0 saturated heterocycles. The number of Topliss-reactive ketones (excluding diaryl/α,β-unsaturated/α-hetero) is 1. The number of hydrogen-bond acceptors (Lipinski definition) is 15. The quantitative estimate of drug-likeness (QED) is 0.0588. The molecule has 0 aliphatic heterocycles. The second-order valence-electron chi connectivity index (χ2n) is 15.2. The first-order valence-electron chi connectivity index (χ1n) is 21.8. The van der Waals surface area contributed by atoms with Crippen molar-refractivity contribution in [1.29, 1.82) is 0 Å². The standard InChI is InChI=1S/C25H27N5O2.C14H12N2O.C11H17N3O2/c1-18(29-31-2)22-14-7-12-21(27-22)13-8-16-32-30-23-15-6-11-20-17-26-25(28-24(20)23)19-9-4-3-5-10-19;17-12-8-4-7-11-9-15-14(16-13(11)12)10-5-2-1-3-6-10;1-9(14-15-2)11-7-3-5-10(13-11)6-4-8-16-12/h3-5,7,9-10,12,14,17H,6,8,11,13,15-16H2,1-2H3;1-3,5-6,9H,4,7-8H2;3,5,7H,4,6,8,12H2,1-2H3/b29-18+,30-23+;;14-9+. The minimum Gasteiger partial charge on any atom is -0.399 e. The smallest absolute Gasteiger partial charge is 0.181 e. The number of fused-ring (bicyclic) bond motifs is 2. The van der Waals surface area contributed by atoms with E-state index >= 15 is 0 Å². The molecule has 65 heavy (non-hydrogen) atoms. The van der Waals surface area contributed by atoms with Crippen molar-refractivity contribution < 1.29 is 24.1 Å². The average molecular weight is 877 g/mol. The Morgan fingerprint density at radius 3 is 1.65 bits per heavy atom. The van der Waals surface area contributed by atoms with Crippen molar-refractivity contribution in [2.75, 3.05) is 27.4 Å². The molecule has 0 radical (unpaired) electrons. The summed E-state index contributed by atoms with van der Waals surface area (Å²) >= 11 is 0. The Morgan fingerprint density at radius 1 is 0.600 bits per heavy atom. The molecule has 0 amide bonds. The summed E-state index contributed by atoms with van der Waals surface area (Å²) in [5.41, 5.74) is 11.7. The van der Waals surface area contributed by atoms with Gasteiger partial charge in [-0.15, -0.1) is 0 Å². The molecule has 0 saturated carbocycles. The number of carbonyl (C=O) groups excluding carboxylic acids is 1. The van der Waals surface area contributed by atoms with E-state index in [-0.39, 0.29) is 5.78 Å². The molecular formula is C50H56N10O5. The fourth-order valence-electron chi connectivity index (χ4n) is 7.12. The van der Waals surface area contributed by atoms with Gasteiger partial charge in [-0.1, -0.05) is 88.3 Å². The van der Waals surface area contributed by atoms with Crippen molar-refractivity contribution in [2.45, 2.75) is 78.1 Å². The fraction of sp³-hybridized carbons (Fsp3) is 0.320. The highest BCUT2D eigenvalue weighted by atomic mass is 16.6. The van der Waals surface area contributed by atoms with Crippen LogP contribution in [0, 0.1) is 0 Å². The number of nitrogens with zero attached hydrogens (tertiary/aromatic N) is 9. The Labute approximate surface area is 380 Å². The second kappa shape index (κ2) is 25.3. The summed E-state index contributed by atoms with van der Waals surface area (Å²) in [7, 11) is 3.05.